The van der Waals surface area contributed by atoms with Crippen molar-refractivity contribution in [2.24, 2.45) is 0 Å². The number of pyridine rings is 1. The summed E-state index contributed by atoms with van der Waals surface area (Å²) < 4.78 is 8.41. The van der Waals surface area contributed by atoms with Gasteiger partial charge in [-0.1, -0.05) is 0 Å². The number of hydrogen-bond donors (Lipinski definition) is 1. The summed E-state index contributed by atoms with van der Waals surface area (Å²) in [4.78, 5) is 4.32. The zero-order valence-electron chi connectivity index (χ0n) is 11.2. The molecule has 0 aliphatic carbocycles. The first-order valence-corrected chi connectivity index (χ1v) is 6.96. The van der Waals surface area contributed by atoms with E-state index in [1.54, 1.807) is 30.0 Å². The minimum atomic E-state index is 0.484. The van der Waals surface area contributed by atoms with Crippen LogP contribution in [0.2, 0.25) is 0 Å². The smallest absolute Gasteiger partial charge is 0.218 e. The van der Waals surface area contributed by atoms with Crippen molar-refractivity contribution in [2.45, 2.75) is 6.54 Å². The molecule has 8 heteroatoms. The van der Waals surface area contributed by atoms with Gasteiger partial charge in [-0.3, -0.25) is 0 Å². The van der Waals surface area contributed by atoms with Crippen molar-refractivity contribution in [2.75, 3.05) is 12.4 Å². The molecule has 0 spiro atoms. The number of nitrogens with one attached hydrogen (secondary N) is 1. The molecule has 0 radical (unpaired) electrons. The molecule has 0 unspecified atom stereocenters. The number of aromatic nitrogens is 4. The van der Waals surface area contributed by atoms with Crippen molar-refractivity contribution in [3.8, 4) is 5.88 Å². The van der Waals surface area contributed by atoms with Crippen LogP contribution in [0.25, 0.3) is 5.65 Å². The number of nitrogens with zero attached hydrogens (tertiary/aromatic N) is 4. The third kappa shape index (κ3) is 2.75. The number of ether oxygens (including phenoxy) is 1. The maximum absolute atomic E-state index is 11.3. The molecule has 0 saturated carbocycles. The Labute approximate surface area is 128 Å². The normalized spacial score (nSPS) is 10.8. The van der Waals surface area contributed by atoms with Gasteiger partial charge in [-0.2, -0.15) is 19.3 Å². The molecule has 3 heterocycles. The summed E-state index contributed by atoms with van der Waals surface area (Å²) in [5.74, 6) is 1.21. The first-order chi connectivity index (χ1) is 10.2. The molecule has 3 aromatic rings. The predicted molar refractivity (Wildman–Crippen MR) is 80.0 cm³/mol. The second-order valence-electron chi connectivity index (χ2n) is 4.34. The van der Waals surface area contributed by atoms with E-state index in [4.69, 9.17) is 4.74 Å². The molecular formula is C13H12BrN5O2. The SMILES string of the molecule is COc1cc(NCc2ccc[n+]([O-])c2)n2ncc(Br)c2n1. The van der Waals surface area contributed by atoms with Gasteiger partial charge >= 0.3 is 0 Å². The van der Waals surface area contributed by atoms with Crippen molar-refractivity contribution in [1.29, 1.82) is 0 Å². The molecular weight excluding hydrogens is 338 g/mol. The average Bonchev–Trinajstić information content (AvgIpc) is 2.86. The van der Waals surface area contributed by atoms with Crippen LogP contribution in [0.15, 0.2) is 41.3 Å². The Morgan fingerprint density at radius 2 is 2.38 bits per heavy atom. The molecule has 1 N–H and O–H groups in total. The molecule has 3 aromatic heterocycles. The summed E-state index contributed by atoms with van der Waals surface area (Å²) in [6.45, 7) is 0.489. The van der Waals surface area contributed by atoms with E-state index in [1.165, 1.54) is 12.4 Å². The number of methoxy groups -OCH3 is 1. The quantitative estimate of drug-likeness (QED) is 0.573. The maximum atomic E-state index is 11.3. The lowest BCUT2D eigenvalue weighted by Crippen LogP contribution is -2.25. The molecule has 0 aliphatic heterocycles. The lowest BCUT2D eigenvalue weighted by Gasteiger charge is -2.09. The molecule has 0 bridgehead atoms. The Morgan fingerprint density at radius 1 is 1.52 bits per heavy atom. The fourth-order valence-electron chi connectivity index (χ4n) is 1.94. The van der Waals surface area contributed by atoms with Crippen LogP contribution in [-0.2, 0) is 6.54 Å². The number of rotatable bonds is 4. The van der Waals surface area contributed by atoms with Crippen molar-refractivity contribution < 1.29 is 9.47 Å². The summed E-state index contributed by atoms with van der Waals surface area (Å²) in [7, 11) is 1.56. The highest BCUT2D eigenvalue weighted by Crippen LogP contribution is 2.23. The van der Waals surface area contributed by atoms with Gasteiger partial charge in [0.15, 0.2) is 18.0 Å². The highest BCUT2D eigenvalue weighted by Gasteiger charge is 2.10. The first kappa shape index (κ1) is 13.6. The van der Waals surface area contributed by atoms with Gasteiger partial charge in [0.2, 0.25) is 5.88 Å². The molecule has 0 aromatic carbocycles. The van der Waals surface area contributed by atoms with Crippen LogP contribution in [0.3, 0.4) is 0 Å². The molecule has 7 nitrogen and oxygen atoms in total. The Hall–Kier alpha value is -2.35. The van der Waals surface area contributed by atoms with Gasteiger partial charge in [0.05, 0.1) is 17.8 Å². The molecule has 0 aliphatic rings. The highest BCUT2D eigenvalue weighted by atomic mass is 79.9. The van der Waals surface area contributed by atoms with Crippen LogP contribution in [0.5, 0.6) is 5.88 Å². The first-order valence-electron chi connectivity index (χ1n) is 6.17. The van der Waals surface area contributed by atoms with E-state index >= 15 is 0 Å². The van der Waals surface area contributed by atoms with Gasteiger partial charge in [-0.05, 0) is 22.0 Å². The number of hydrogen-bond acceptors (Lipinski definition) is 5. The van der Waals surface area contributed by atoms with Crippen LogP contribution in [-0.4, -0.2) is 21.7 Å². The van der Waals surface area contributed by atoms with Crippen molar-refractivity contribution in [3.05, 3.63) is 52.0 Å². The Balaban J connectivity index is 1.92. The van der Waals surface area contributed by atoms with E-state index in [2.05, 4.69) is 31.3 Å². The molecule has 108 valence electrons. The zero-order chi connectivity index (χ0) is 14.8. The number of anilines is 1. The van der Waals surface area contributed by atoms with E-state index < -0.39 is 0 Å². The second kappa shape index (κ2) is 5.57. The second-order valence-corrected chi connectivity index (χ2v) is 5.19. The van der Waals surface area contributed by atoms with Crippen LogP contribution in [0, 0.1) is 5.21 Å². The predicted octanol–water partition coefficient (Wildman–Crippen LogP) is 1.75. The summed E-state index contributed by atoms with van der Waals surface area (Å²) in [5, 5.41) is 18.7. The fourth-order valence-corrected chi connectivity index (χ4v) is 2.29. The van der Waals surface area contributed by atoms with Gasteiger partial charge in [-0.25, -0.2) is 0 Å². The summed E-state index contributed by atoms with van der Waals surface area (Å²) in [6.07, 6.45) is 4.63. The van der Waals surface area contributed by atoms with Crippen LogP contribution < -0.4 is 14.8 Å². The minimum Gasteiger partial charge on any atom is -0.619 e. The minimum absolute atomic E-state index is 0.484. The number of fused-ring (bicyclic) bond motifs is 1. The van der Waals surface area contributed by atoms with Crippen molar-refractivity contribution in [3.63, 3.8) is 0 Å². The lowest BCUT2D eigenvalue weighted by molar-refractivity contribution is -0.605. The molecule has 0 atom stereocenters. The van der Waals surface area contributed by atoms with E-state index in [1.807, 2.05) is 6.07 Å². The highest BCUT2D eigenvalue weighted by molar-refractivity contribution is 9.10. The summed E-state index contributed by atoms with van der Waals surface area (Å²) in [6, 6.07) is 5.33. The van der Waals surface area contributed by atoms with E-state index in [-0.39, 0.29) is 0 Å². The van der Waals surface area contributed by atoms with Crippen LogP contribution >= 0.6 is 15.9 Å². The Bertz CT molecular complexity index is 789. The third-order valence-corrected chi connectivity index (χ3v) is 3.48. The Morgan fingerprint density at radius 3 is 3.14 bits per heavy atom. The Kier molecular flexibility index (Phi) is 3.61. The van der Waals surface area contributed by atoms with Gasteiger partial charge in [0, 0.05) is 24.2 Å². The topological polar surface area (TPSA) is 78.4 Å². The van der Waals surface area contributed by atoms with Crippen LogP contribution in [0.4, 0.5) is 5.82 Å². The van der Waals surface area contributed by atoms with E-state index in [0.29, 0.717) is 18.1 Å². The largest absolute Gasteiger partial charge is 0.619 e. The van der Waals surface area contributed by atoms with Gasteiger partial charge < -0.3 is 15.3 Å². The molecule has 0 amide bonds. The zero-order valence-corrected chi connectivity index (χ0v) is 12.7. The molecule has 21 heavy (non-hydrogen) atoms. The standard InChI is InChI=1S/C13H12BrN5O2/c1-21-12-5-11(19-13(17-12)10(14)7-16-19)15-6-9-3-2-4-18(20)8-9/h2-5,7-8,15H,6H2,1H3. The average molecular weight is 350 g/mol. The molecule has 0 fully saturated rings. The molecule has 0 saturated heterocycles. The third-order valence-electron chi connectivity index (χ3n) is 2.92. The van der Waals surface area contributed by atoms with Crippen molar-refractivity contribution >= 4 is 27.4 Å². The van der Waals surface area contributed by atoms with Gasteiger partial charge in [-0.15, -0.1) is 0 Å². The van der Waals surface area contributed by atoms with E-state index in [0.717, 1.165) is 20.6 Å². The summed E-state index contributed by atoms with van der Waals surface area (Å²) in [5.41, 5.74) is 1.52. The van der Waals surface area contributed by atoms with Crippen molar-refractivity contribution in [1.82, 2.24) is 14.6 Å². The van der Waals surface area contributed by atoms with Gasteiger partial charge in [0.1, 0.15) is 5.82 Å². The molecule has 3 rings (SSSR count). The number of halogens is 1. The monoisotopic (exact) mass is 349 g/mol. The van der Waals surface area contributed by atoms with Crippen LogP contribution in [0.1, 0.15) is 5.56 Å². The van der Waals surface area contributed by atoms with E-state index in [9.17, 15) is 5.21 Å². The maximum Gasteiger partial charge on any atom is 0.218 e. The van der Waals surface area contributed by atoms with Gasteiger partial charge in [0.25, 0.3) is 0 Å². The lowest BCUT2D eigenvalue weighted by atomic mass is 10.3. The summed E-state index contributed by atoms with van der Waals surface area (Å²) >= 11 is 3.40. The fraction of sp³-hybridized carbons (Fsp3) is 0.154.